The van der Waals surface area contributed by atoms with Gasteiger partial charge in [-0.1, -0.05) is 30.3 Å². The van der Waals surface area contributed by atoms with Gasteiger partial charge in [-0.25, -0.2) is 0 Å². The van der Waals surface area contributed by atoms with E-state index in [-0.39, 0.29) is 18.7 Å². The smallest absolute Gasteiger partial charge is 0.234 e. The number of fused-ring (bicyclic) bond motifs is 2. The van der Waals surface area contributed by atoms with Crippen LogP contribution in [0.5, 0.6) is 11.5 Å². The van der Waals surface area contributed by atoms with E-state index in [9.17, 15) is 4.79 Å². The fraction of sp³-hybridized carbons (Fsp3) is 0.350. The topological polar surface area (TPSA) is 50.8 Å². The van der Waals surface area contributed by atoms with Gasteiger partial charge in [0, 0.05) is 19.1 Å². The number of carbonyl (C=O) groups is 1. The van der Waals surface area contributed by atoms with Crippen LogP contribution in [-0.2, 0) is 17.8 Å². The second-order valence-electron chi connectivity index (χ2n) is 6.56. The van der Waals surface area contributed by atoms with E-state index in [1.54, 1.807) is 0 Å². The first-order valence-corrected chi connectivity index (χ1v) is 8.68. The zero-order valence-corrected chi connectivity index (χ0v) is 14.3. The van der Waals surface area contributed by atoms with Crippen molar-refractivity contribution in [2.75, 3.05) is 19.9 Å². The minimum absolute atomic E-state index is 0.0453. The van der Waals surface area contributed by atoms with Crippen LogP contribution in [-0.4, -0.2) is 30.7 Å². The molecule has 1 unspecified atom stereocenters. The lowest BCUT2D eigenvalue weighted by molar-refractivity contribution is -0.123. The Balaban J connectivity index is 1.34. The maximum atomic E-state index is 12.4. The van der Waals surface area contributed by atoms with E-state index in [4.69, 9.17) is 9.47 Å². The minimum Gasteiger partial charge on any atom is -0.454 e. The number of amides is 1. The third-order valence-electron chi connectivity index (χ3n) is 4.99. The van der Waals surface area contributed by atoms with Crippen LogP contribution in [0.3, 0.4) is 0 Å². The molecule has 0 saturated carbocycles. The standard InChI is InChI=1S/C20H22N2O3/c1-14-17-5-3-2-4-16(17)8-9-22(14)12-20(23)21-11-15-6-7-18-19(10-15)25-13-24-18/h2-7,10,14H,8-9,11-13H2,1H3,(H,21,23). The van der Waals surface area contributed by atoms with Crippen molar-refractivity contribution < 1.29 is 14.3 Å². The first-order valence-electron chi connectivity index (χ1n) is 8.68. The number of rotatable bonds is 4. The molecule has 5 heteroatoms. The molecule has 25 heavy (non-hydrogen) atoms. The van der Waals surface area contributed by atoms with Crippen LogP contribution in [0.2, 0.25) is 0 Å². The quantitative estimate of drug-likeness (QED) is 0.931. The van der Waals surface area contributed by atoms with Crippen molar-refractivity contribution in [3.8, 4) is 11.5 Å². The van der Waals surface area contributed by atoms with Gasteiger partial charge in [-0.15, -0.1) is 0 Å². The Bertz CT molecular complexity index is 790. The van der Waals surface area contributed by atoms with E-state index in [1.165, 1.54) is 11.1 Å². The average Bonchev–Trinajstić information content (AvgIpc) is 3.10. The molecule has 0 spiro atoms. The largest absolute Gasteiger partial charge is 0.454 e. The molecule has 2 aliphatic rings. The molecule has 1 N–H and O–H groups in total. The number of hydrogen-bond acceptors (Lipinski definition) is 4. The molecule has 4 rings (SSSR count). The fourth-order valence-electron chi connectivity index (χ4n) is 3.53. The van der Waals surface area contributed by atoms with Crippen LogP contribution in [0.15, 0.2) is 42.5 Å². The summed E-state index contributed by atoms with van der Waals surface area (Å²) in [4.78, 5) is 14.6. The summed E-state index contributed by atoms with van der Waals surface area (Å²) >= 11 is 0. The highest BCUT2D eigenvalue weighted by Crippen LogP contribution is 2.32. The van der Waals surface area contributed by atoms with Gasteiger partial charge in [-0.3, -0.25) is 9.69 Å². The summed E-state index contributed by atoms with van der Waals surface area (Å²) in [6, 6.07) is 14.5. The van der Waals surface area contributed by atoms with Crippen LogP contribution in [0.4, 0.5) is 0 Å². The fourth-order valence-corrected chi connectivity index (χ4v) is 3.53. The Morgan fingerprint density at radius 3 is 2.96 bits per heavy atom. The molecule has 1 atom stereocenters. The molecule has 2 aromatic rings. The van der Waals surface area contributed by atoms with E-state index >= 15 is 0 Å². The van der Waals surface area contributed by atoms with Gasteiger partial charge in [0.15, 0.2) is 11.5 Å². The molecule has 1 amide bonds. The number of benzene rings is 2. The normalized spacial score (nSPS) is 18.7. The maximum absolute atomic E-state index is 12.4. The highest BCUT2D eigenvalue weighted by atomic mass is 16.7. The molecule has 2 aliphatic heterocycles. The van der Waals surface area contributed by atoms with E-state index in [0.717, 1.165) is 30.0 Å². The molecule has 5 nitrogen and oxygen atoms in total. The average molecular weight is 338 g/mol. The molecule has 0 aromatic heterocycles. The van der Waals surface area contributed by atoms with Gasteiger partial charge in [0.2, 0.25) is 12.7 Å². The maximum Gasteiger partial charge on any atom is 0.234 e. The van der Waals surface area contributed by atoms with Gasteiger partial charge in [-0.2, -0.15) is 0 Å². The Morgan fingerprint density at radius 2 is 2.04 bits per heavy atom. The zero-order valence-electron chi connectivity index (χ0n) is 14.3. The lowest BCUT2D eigenvalue weighted by atomic mass is 9.94. The Kier molecular flexibility index (Phi) is 4.32. The number of carbonyl (C=O) groups excluding carboxylic acids is 1. The van der Waals surface area contributed by atoms with Crippen molar-refractivity contribution >= 4 is 5.91 Å². The molecule has 0 saturated heterocycles. The lowest BCUT2D eigenvalue weighted by Gasteiger charge is -2.34. The minimum atomic E-state index is 0.0453. The molecule has 0 fully saturated rings. The van der Waals surface area contributed by atoms with Gasteiger partial charge in [0.25, 0.3) is 0 Å². The zero-order chi connectivity index (χ0) is 17.2. The van der Waals surface area contributed by atoms with E-state index in [0.29, 0.717) is 13.1 Å². The Labute approximate surface area is 147 Å². The molecular weight excluding hydrogens is 316 g/mol. The van der Waals surface area contributed by atoms with Gasteiger partial charge >= 0.3 is 0 Å². The molecule has 2 heterocycles. The van der Waals surface area contributed by atoms with E-state index in [2.05, 4.69) is 41.4 Å². The molecule has 0 radical (unpaired) electrons. The van der Waals surface area contributed by atoms with Crippen molar-refractivity contribution in [3.05, 3.63) is 59.2 Å². The highest BCUT2D eigenvalue weighted by Gasteiger charge is 2.24. The second-order valence-corrected chi connectivity index (χ2v) is 6.56. The number of nitrogens with zero attached hydrogens (tertiary/aromatic N) is 1. The van der Waals surface area contributed by atoms with Crippen molar-refractivity contribution in [1.82, 2.24) is 10.2 Å². The first kappa shape index (κ1) is 16.0. The van der Waals surface area contributed by atoms with Crippen LogP contribution in [0, 0.1) is 0 Å². The molecule has 0 aliphatic carbocycles. The molecule has 130 valence electrons. The third kappa shape index (κ3) is 3.33. The van der Waals surface area contributed by atoms with Gasteiger partial charge in [0.1, 0.15) is 0 Å². The number of hydrogen-bond donors (Lipinski definition) is 1. The molecular formula is C20H22N2O3. The predicted molar refractivity (Wildman–Crippen MR) is 94.5 cm³/mol. The monoisotopic (exact) mass is 338 g/mol. The number of nitrogens with one attached hydrogen (secondary N) is 1. The summed E-state index contributed by atoms with van der Waals surface area (Å²) in [6.45, 7) is 4.26. The first-order chi connectivity index (χ1) is 12.2. The van der Waals surface area contributed by atoms with E-state index in [1.807, 2.05) is 18.2 Å². The van der Waals surface area contributed by atoms with Crippen LogP contribution in [0.25, 0.3) is 0 Å². The summed E-state index contributed by atoms with van der Waals surface area (Å²) in [7, 11) is 0. The highest BCUT2D eigenvalue weighted by molar-refractivity contribution is 5.78. The predicted octanol–water partition coefficient (Wildman–Crippen LogP) is 2.65. The Morgan fingerprint density at radius 1 is 1.20 bits per heavy atom. The third-order valence-corrected chi connectivity index (χ3v) is 4.99. The van der Waals surface area contributed by atoms with Crippen LogP contribution < -0.4 is 14.8 Å². The summed E-state index contributed by atoms with van der Waals surface area (Å²) in [5, 5.41) is 3.00. The molecule has 0 bridgehead atoms. The lowest BCUT2D eigenvalue weighted by Crippen LogP contribution is -2.41. The van der Waals surface area contributed by atoms with Crippen molar-refractivity contribution in [1.29, 1.82) is 0 Å². The summed E-state index contributed by atoms with van der Waals surface area (Å²) in [6.07, 6.45) is 0.996. The van der Waals surface area contributed by atoms with Crippen LogP contribution in [0.1, 0.15) is 29.7 Å². The summed E-state index contributed by atoms with van der Waals surface area (Å²) in [5.41, 5.74) is 3.74. The van der Waals surface area contributed by atoms with E-state index < -0.39 is 0 Å². The van der Waals surface area contributed by atoms with Gasteiger partial charge in [-0.05, 0) is 42.2 Å². The summed E-state index contributed by atoms with van der Waals surface area (Å²) in [5.74, 6) is 1.55. The van der Waals surface area contributed by atoms with Gasteiger partial charge in [0.05, 0.1) is 6.54 Å². The van der Waals surface area contributed by atoms with Crippen molar-refractivity contribution in [2.24, 2.45) is 0 Å². The second kappa shape index (κ2) is 6.76. The van der Waals surface area contributed by atoms with Gasteiger partial charge < -0.3 is 14.8 Å². The van der Waals surface area contributed by atoms with Crippen LogP contribution >= 0.6 is 0 Å². The SMILES string of the molecule is CC1c2ccccc2CCN1CC(=O)NCc1ccc2c(c1)OCO2. The molecule has 2 aromatic carbocycles. The Hall–Kier alpha value is -2.53. The van der Waals surface area contributed by atoms with Crippen molar-refractivity contribution in [3.63, 3.8) is 0 Å². The number of ether oxygens (including phenoxy) is 2. The van der Waals surface area contributed by atoms with Crippen molar-refractivity contribution in [2.45, 2.75) is 25.9 Å². The summed E-state index contributed by atoms with van der Waals surface area (Å²) < 4.78 is 10.7.